The van der Waals surface area contributed by atoms with Gasteiger partial charge in [-0.05, 0) is 70.6 Å². The monoisotopic (exact) mass is 929 g/mol. The highest BCUT2D eigenvalue weighted by atomic mass is 16.6. The highest BCUT2D eigenvalue weighted by molar-refractivity contribution is 5.71. The molecule has 0 bridgehead atoms. The maximum Gasteiger partial charge on any atom is 0.306 e. The van der Waals surface area contributed by atoms with Gasteiger partial charge < -0.3 is 14.2 Å². The van der Waals surface area contributed by atoms with Crippen LogP contribution < -0.4 is 0 Å². The Morgan fingerprint density at radius 3 is 0.758 bits per heavy atom. The summed E-state index contributed by atoms with van der Waals surface area (Å²) < 4.78 is 16.8. The van der Waals surface area contributed by atoms with Crippen molar-refractivity contribution in [1.82, 2.24) is 0 Å². The van der Waals surface area contributed by atoms with Crippen molar-refractivity contribution in [3.8, 4) is 0 Å². The van der Waals surface area contributed by atoms with Crippen LogP contribution in [0.4, 0.5) is 0 Å². The molecule has 66 heavy (non-hydrogen) atoms. The van der Waals surface area contributed by atoms with Gasteiger partial charge in [0.2, 0.25) is 0 Å². The number of carbonyl (C=O) groups excluding carboxylic acids is 3. The topological polar surface area (TPSA) is 78.9 Å². The summed E-state index contributed by atoms with van der Waals surface area (Å²) in [4.78, 5) is 37.9. The molecule has 0 aliphatic heterocycles. The average Bonchev–Trinajstić information content (AvgIpc) is 3.31. The zero-order valence-electron chi connectivity index (χ0n) is 44.5. The van der Waals surface area contributed by atoms with Crippen LogP contribution >= 0.6 is 0 Å². The number of unbranched alkanes of at least 4 members (excludes halogenated alkanes) is 39. The largest absolute Gasteiger partial charge is 0.462 e. The molecule has 0 amide bonds. The van der Waals surface area contributed by atoms with Crippen molar-refractivity contribution in [2.75, 3.05) is 13.2 Å². The standard InChI is InChI=1S/C60H112O6/c1-4-7-10-13-16-18-20-22-24-25-26-27-28-29-30-31-32-33-34-35-36-38-39-41-44-47-50-53-59(62)65-56-57(55-64-58(61)52-49-46-43-15-12-9-6-3)66-60(63)54-51-48-45-42-40-37-23-21-19-17-14-11-8-5-2/h21,23,25-26,57H,4-20,22,24,27-56H2,1-3H3/b23-21-,26-25-. The Morgan fingerprint density at radius 2 is 0.500 bits per heavy atom. The molecule has 0 heterocycles. The Balaban J connectivity index is 4.05. The number of esters is 3. The first-order chi connectivity index (χ1) is 32.5. The molecule has 6 nitrogen and oxygen atoms in total. The molecule has 0 saturated carbocycles. The number of allylic oxidation sites excluding steroid dienone is 4. The predicted octanol–water partition coefficient (Wildman–Crippen LogP) is 19.5. The summed E-state index contributed by atoms with van der Waals surface area (Å²) in [5.41, 5.74) is 0. The van der Waals surface area contributed by atoms with Gasteiger partial charge in [-0.15, -0.1) is 0 Å². The maximum absolute atomic E-state index is 12.8. The summed E-state index contributed by atoms with van der Waals surface area (Å²) in [5.74, 6) is -0.870. The molecule has 0 saturated heterocycles. The maximum atomic E-state index is 12.8. The van der Waals surface area contributed by atoms with Crippen molar-refractivity contribution in [2.45, 2.75) is 329 Å². The summed E-state index contributed by atoms with van der Waals surface area (Å²) in [7, 11) is 0. The minimum absolute atomic E-state index is 0.0706. The second kappa shape index (κ2) is 55.5. The fourth-order valence-electron chi connectivity index (χ4n) is 8.73. The van der Waals surface area contributed by atoms with Gasteiger partial charge in [0.25, 0.3) is 0 Å². The van der Waals surface area contributed by atoms with Gasteiger partial charge in [0.05, 0.1) is 0 Å². The van der Waals surface area contributed by atoms with Crippen LogP contribution in [0.5, 0.6) is 0 Å². The van der Waals surface area contributed by atoms with Gasteiger partial charge >= 0.3 is 17.9 Å². The van der Waals surface area contributed by atoms with Crippen molar-refractivity contribution in [1.29, 1.82) is 0 Å². The lowest BCUT2D eigenvalue weighted by atomic mass is 10.0. The van der Waals surface area contributed by atoms with E-state index in [0.29, 0.717) is 19.3 Å². The number of hydrogen-bond acceptors (Lipinski definition) is 6. The number of hydrogen-bond donors (Lipinski definition) is 0. The highest BCUT2D eigenvalue weighted by Gasteiger charge is 2.19. The molecule has 1 atom stereocenters. The van der Waals surface area contributed by atoms with Crippen LogP contribution in [0.2, 0.25) is 0 Å². The molecule has 0 aliphatic rings. The van der Waals surface area contributed by atoms with Crippen molar-refractivity contribution in [3.05, 3.63) is 24.3 Å². The minimum atomic E-state index is -0.769. The Kier molecular flexibility index (Phi) is 53.7. The van der Waals surface area contributed by atoms with Gasteiger partial charge in [-0.25, -0.2) is 0 Å². The Morgan fingerprint density at radius 1 is 0.288 bits per heavy atom. The molecular weight excluding hydrogens is 817 g/mol. The zero-order valence-corrected chi connectivity index (χ0v) is 44.5. The van der Waals surface area contributed by atoms with Crippen molar-refractivity contribution in [3.63, 3.8) is 0 Å². The summed E-state index contributed by atoms with van der Waals surface area (Å²) in [6, 6.07) is 0. The van der Waals surface area contributed by atoms with Crippen LogP contribution in [0.1, 0.15) is 323 Å². The van der Waals surface area contributed by atoms with Crippen molar-refractivity contribution >= 4 is 17.9 Å². The molecule has 0 spiro atoms. The van der Waals surface area contributed by atoms with Crippen LogP contribution in [0.15, 0.2) is 24.3 Å². The fraction of sp³-hybridized carbons (Fsp3) is 0.883. The van der Waals surface area contributed by atoms with E-state index in [0.717, 1.165) is 64.2 Å². The first-order valence-electron chi connectivity index (χ1n) is 29.3. The lowest BCUT2D eigenvalue weighted by Gasteiger charge is -2.18. The highest BCUT2D eigenvalue weighted by Crippen LogP contribution is 2.17. The first-order valence-corrected chi connectivity index (χ1v) is 29.3. The van der Waals surface area contributed by atoms with Crippen LogP contribution in [-0.4, -0.2) is 37.2 Å². The number of carbonyl (C=O) groups is 3. The fourth-order valence-corrected chi connectivity index (χ4v) is 8.73. The van der Waals surface area contributed by atoms with Gasteiger partial charge in [0, 0.05) is 19.3 Å². The van der Waals surface area contributed by atoms with Gasteiger partial charge in [-0.3, -0.25) is 14.4 Å². The van der Waals surface area contributed by atoms with Crippen LogP contribution in [0.25, 0.3) is 0 Å². The van der Waals surface area contributed by atoms with Crippen molar-refractivity contribution < 1.29 is 28.6 Å². The van der Waals surface area contributed by atoms with Gasteiger partial charge in [-0.2, -0.15) is 0 Å². The molecule has 0 aromatic rings. The molecule has 6 heteroatoms. The van der Waals surface area contributed by atoms with E-state index in [-0.39, 0.29) is 31.1 Å². The SMILES string of the molecule is CCCCCCC/C=C\CCCCCCCC(=O)OC(COC(=O)CCCCCCCCC)COC(=O)CCCCCCCCCCCCCCCCC/C=C\CCCCCCCCCC. The van der Waals surface area contributed by atoms with E-state index in [2.05, 4.69) is 45.1 Å². The number of ether oxygens (including phenoxy) is 3. The molecule has 1 unspecified atom stereocenters. The molecule has 0 radical (unpaired) electrons. The lowest BCUT2D eigenvalue weighted by molar-refractivity contribution is -0.167. The van der Waals surface area contributed by atoms with E-state index in [9.17, 15) is 14.4 Å². The molecule has 0 aliphatic carbocycles. The lowest BCUT2D eigenvalue weighted by Crippen LogP contribution is -2.30. The third-order valence-electron chi connectivity index (χ3n) is 13.2. The third-order valence-corrected chi connectivity index (χ3v) is 13.2. The van der Waals surface area contributed by atoms with Crippen molar-refractivity contribution in [2.24, 2.45) is 0 Å². The molecule has 0 rings (SSSR count). The van der Waals surface area contributed by atoms with E-state index in [4.69, 9.17) is 14.2 Å². The first kappa shape index (κ1) is 63.9. The van der Waals surface area contributed by atoms with Gasteiger partial charge in [0.15, 0.2) is 6.10 Å². The summed E-state index contributed by atoms with van der Waals surface area (Å²) in [6.07, 6.45) is 64.9. The molecule has 0 aromatic carbocycles. The van der Waals surface area contributed by atoms with E-state index in [1.165, 1.54) is 218 Å². The zero-order chi connectivity index (χ0) is 47.9. The van der Waals surface area contributed by atoms with Gasteiger partial charge in [0.1, 0.15) is 13.2 Å². The molecule has 0 N–H and O–H groups in total. The second-order valence-corrected chi connectivity index (χ2v) is 19.9. The minimum Gasteiger partial charge on any atom is -0.462 e. The van der Waals surface area contributed by atoms with Crippen LogP contribution in [0.3, 0.4) is 0 Å². The number of rotatable bonds is 54. The quantitative estimate of drug-likeness (QED) is 0.0262. The smallest absolute Gasteiger partial charge is 0.306 e. The van der Waals surface area contributed by atoms with E-state index >= 15 is 0 Å². The van der Waals surface area contributed by atoms with Crippen LogP contribution in [0, 0.1) is 0 Å². The van der Waals surface area contributed by atoms with Gasteiger partial charge in [-0.1, -0.05) is 257 Å². The normalized spacial score (nSPS) is 12.1. The summed E-state index contributed by atoms with van der Waals surface area (Å²) in [6.45, 7) is 6.62. The predicted molar refractivity (Wildman–Crippen MR) is 284 cm³/mol. The summed E-state index contributed by atoms with van der Waals surface area (Å²) in [5, 5.41) is 0. The Bertz CT molecular complexity index is 1070. The molecule has 388 valence electrons. The third kappa shape index (κ3) is 52.9. The second-order valence-electron chi connectivity index (χ2n) is 19.9. The molecule has 0 aromatic heterocycles. The molecule has 0 fully saturated rings. The Labute approximate surface area is 411 Å². The molecular formula is C60H112O6. The average molecular weight is 930 g/mol. The van der Waals surface area contributed by atoms with E-state index in [1.54, 1.807) is 0 Å². The van der Waals surface area contributed by atoms with E-state index in [1.807, 2.05) is 0 Å². The summed E-state index contributed by atoms with van der Waals surface area (Å²) >= 11 is 0. The van der Waals surface area contributed by atoms with E-state index < -0.39 is 6.10 Å². The Hall–Kier alpha value is -2.11. The van der Waals surface area contributed by atoms with Crippen LogP contribution in [-0.2, 0) is 28.6 Å².